The van der Waals surface area contributed by atoms with Crippen LogP contribution in [-0.4, -0.2) is 22.0 Å². The van der Waals surface area contributed by atoms with Crippen molar-refractivity contribution < 1.29 is 9.84 Å². The quantitative estimate of drug-likeness (QED) is 0.888. The first-order valence-corrected chi connectivity index (χ1v) is 8.25. The molecule has 0 saturated heterocycles. The number of aryl methyl sites for hydroxylation is 1. The van der Waals surface area contributed by atoms with Gasteiger partial charge in [0.25, 0.3) is 0 Å². The molecule has 1 aliphatic rings. The summed E-state index contributed by atoms with van der Waals surface area (Å²) in [5.41, 5.74) is 3.58. The van der Waals surface area contributed by atoms with E-state index in [1.54, 1.807) is 19.2 Å². The van der Waals surface area contributed by atoms with Gasteiger partial charge in [-0.25, -0.2) is 0 Å². The van der Waals surface area contributed by atoms with Crippen LogP contribution >= 0.6 is 0 Å². The summed E-state index contributed by atoms with van der Waals surface area (Å²) in [7, 11) is 1.56. The van der Waals surface area contributed by atoms with E-state index in [-0.39, 0.29) is 11.8 Å². The van der Waals surface area contributed by atoms with Crippen molar-refractivity contribution in [1.29, 1.82) is 0 Å². The van der Waals surface area contributed by atoms with Gasteiger partial charge in [0.2, 0.25) is 0 Å². The topological polar surface area (TPSA) is 59.3 Å². The average Bonchev–Trinajstić information content (AvgIpc) is 2.98. The zero-order chi connectivity index (χ0) is 16.4. The van der Waals surface area contributed by atoms with E-state index >= 15 is 0 Å². The maximum Gasteiger partial charge on any atom is 0.160 e. The second-order valence-corrected chi connectivity index (χ2v) is 6.45. The van der Waals surface area contributed by atoms with Crippen LogP contribution in [0.25, 0.3) is 0 Å². The lowest BCUT2D eigenvalue weighted by molar-refractivity contribution is 0.372. The maximum absolute atomic E-state index is 9.88. The largest absolute Gasteiger partial charge is 0.504 e. The van der Waals surface area contributed by atoms with Gasteiger partial charge in [-0.3, -0.25) is 4.68 Å². The Hall–Kier alpha value is -2.01. The van der Waals surface area contributed by atoms with Crippen LogP contribution in [0.5, 0.6) is 11.5 Å². The normalized spacial score (nSPS) is 17.3. The number of aromatic nitrogens is 2. The molecule has 0 amide bonds. The lowest BCUT2D eigenvalue weighted by atomic mass is 9.93. The molecule has 2 aromatic rings. The fourth-order valence-corrected chi connectivity index (χ4v) is 3.11. The molecule has 1 aromatic heterocycles. The molecule has 1 aromatic carbocycles. The monoisotopic (exact) mass is 315 g/mol. The average molecular weight is 315 g/mol. The Morgan fingerprint density at radius 1 is 1.43 bits per heavy atom. The smallest absolute Gasteiger partial charge is 0.160 e. The molecule has 0 spiro atoms. The number of nitrogens with one attached hydrogen (secondary N) is 1. The molecule has 3 rings (SSSR count). The van der Waals surface area contributed by atoms with Gasteiger partial charge in [-0.15, -0.1) is 0 Å². The summed E-state index contributed by atoms with van der Waals surface area (Å²) in [6.07, 6.45) is 5.59. The standard InChI is InChI=1S/C18H25N3O2/c1-12(2)21-11-14-5-4-6-15(18(14)20-21)19-10-13-7-8-17(23-3)16(22)9-13/h7-9,11-12,15,19,22H,4-6,10H2,1-3H3. The summed E-state index contributed by atoms with van der Waals surface area (Å²) in [5.74, 6) is 0.685. The minimum atomic E-state index is 0.181. The van der Waals surface area contributed by atoms with Crippen LogP contribution in [0, 0.1) is 0 Å². The SMILES string of the molecule is COc1ccc(CNC2CCCc3cn(C(C)C)nc32)cc1O. The van der Waals surface area contributed by atoms with Gasteiger partial charge < -0.3 is 15.2 Å². The van der Waals surface area contributed by atoms with Crippen LogP contribution in [0.1, 0.15) is 55.6 Å². The molecule has 0 fully saturated rings. The van der Waals surface area contributed by atoms with Gasteiger partial charge in [-0.05, 0) is 56.4 Å². The van der Waals surface area contributed by atoms with Crippen LogP contribution in [0.4, 0.5) is 0 Å². The van der Waals surface area contributed by atoms with Gasteiger partial charge in [-0.2, -0.15) is 5.10 Å². The van der Waals surface area contributed by atoms with Gasteiger partial charge in [0.1, 0.15) is 0 Å². The molecule has 1 unspecified atom stereocenters. The maximum atomic E-state index is 9.88. The highest BCUT2D eigenvalue weighted by Crippen LogP contribution is 2.30. The zero-order valence-corrected chi connectivity index (χ0v) is 14.0. The number of rotatable bonds is 5. The van der Waals surface area contributed by atoms with Crippen LogP contribution < -0.4 is 10.1 Å². The molecular weight excluding hydrogens is 290 g/mol. The number of fused-ring (bicyclic) bond motifs is 1. The van der Waals surface area contributed by atoms with Gasteiger partial charge in [0.05, 0.1) is 18.8 Å². The van der Waals surface area contributed by atoms with Crippen LogP contribution in [0.3, 0.4) is 0 Å². The second-order valence-electron chi connectivity index (χ2n) is 6.45. The summed E-state index contributed by atoms with van der Waals surface area (Å²) in [6, 6.07) is 6.19. The third kappa shape index (κ3) is 3.34. The number of hydrogen-bond acceptors (Lipinski definition) is 4. The minimum absolute atomic E-state index is 0.181. The Morgan fingerprint density at radius 2 is 2.26 bits per heavy atom. The summed E-state index contributed by atoms with van der Waals surface area (Å²) in [6.45, 7) is 5.01. The predicted octanol–water partition coefficient (Wildman–Crippen LogP) is 3.35. The van der Waals surface area contributed by atoms with Gasteiger partial charge in [-0.1, -0.05) is 6.07 Å². The van der Waals surface area contributed by atoms with Crippen molar-refractivity contribution in [2.45, 2.75) is 51.7 Å². The highest BCUT2D eigenvalue weighted by Gasteiger charge is 2.24. The Labute approximate surface area is 137 Å². The molecule has 5 nitrogen and oxygen atoms in total. The molecule has 1 atom stereocenters. The van der Waals surface area contributed by atoms with Crippen LogP contribution in [0.15, 0.2) is 24.4 Å². The molecule has 5 heteroatoms. The minimum Gasteiger partial charge on any atom is -0.504 e. The van der Waals surface area contributed by atoms with Crippen molar-refractivity contribution in [3.63, 3.8) is 0 Å². The lowest BCUT2D eigenvalue weighted by Gasteiger charge is -2.22. The molecule has 1 aliphatic carbocycles. The Kier molecular flexibility index (Phi) is 4.57. The summed E-state index contributed by atoms with van der Waals surface area (Å²) in [4.78, 5) is 0. The number of aromatic hydroxyl groups is 1. The van der Waals surface area contributed by atoms with Gasteiger partial charge >= 0.3 is 0 Å². The molecule has 0 radical (unpaired) electrons. The first-order valence-electron chi connectivity index (χ1n) is 8.25. The van der Waals surface area contributed by atoms with E-state index in [1.165, 1.54) is 17.7 Å². The molecule has 2 N–H and O–H groups in total. The van der Waals surface area contributed by atoms with E-state index in [1.807, 2.05) is 6.07 Å². The number of benzene rings is 1. The molecule has 1 heterocycles. The fourth-order valence-electron chi connectivity index (χ4n) is 3.11. The van der Waals surface area contributed by atoms with E-state index in [2.05, 4.69) is 30.0 Å². The van der Waals surface area contributed by atoms with Gasteiger partial charge in [0, 0.05) is 18.8 Å². The van der Waals surface area contributed by atoms with Gasteiger partial charge in [0.15, 0.2) is 11.5 Å². The summed E-state index contributed by atoms with van der Waals surface area (Å²) in [5, 5.41) is 18.2. The number of phenols is 1. The van der Waals surface area contributed by atoms with E-state index < -0.39 is 0 Å². The third-order valence-electron chi connectivity index (χ3n) is 4.43. The first-order chi connectivity index (χ1) is 11.1. The number of hydrogen-bond donors (Lipinski definition) is 2. The highest BCUT2D eigenvalue weighted by atomic mass is 16.5. The van der Waals surface area contributed by atoms with E-state index in [0.29, 0.717) is 18.3 Å². The Morgan fingerprint density at radius 3 is 2.96 bits per heavy atom. The van der Waals surface area contributed by atoms with E-state index in [0.717, 1.165) is 18.4 Å². The predicted molar refractivity (Wildman–Crippen MR) is 89.8 cm³/mol. The number of ether oxygens (including phenoxy) is 1. The van der Waals surface area contributed by atoms with Crippen LogP contribution in [-0.2, 0) is 13.0 Å². The van der Waals surface area contributed by atoms with Crippen molar-refractivity contribution in [3.8, 4) is 11.5 Å². The molecular formula is C18H25N3O2. The molecule has 23 heavy (non-hydrogen) atoms. The molecule has 124 valence electrons. The highest BCUT2D eigenvalue weighted by molar-refractivity contribution is 5.41. The second kappa shape index (κ2) is 6.62. The van der Waals surface area contributed by atoms with Crippen molar-refractivity contribution in [1.82, 2.24) is 15.1 Å². The molecule has 0 aliphatic heterocycles. The molecule has 0 saturated carbocycles. The Balaban J connectivity index is 1.71. The third-order valence-corrected chi connectivity index (χ3v) is 4.43. The first kappa shape index (κ1) is 15.9. The van der Waals surface area contributed by atoms with Crippen LogP contribution in [0.2, 0.25) is 0 Å². The number of phenolic OH excluding ortho intramolecular Hbond substituents is 1. The summed E-state index contributed by atoms with van der Waals surface area (Å²) >= 11 is 0. The Bertz CT molecular complexity index is 679. The van der Waals surface area contributed by atoms with Crippen molar-refractivity contribution in [2.24, 2.45) is 0 Å². The van der Waals surface area contributed by atoms with Crippen molar-refractivity contribution in [3.05, 3.63) is 41.2 Å². The summed E-state index contributed by atoms with van der Waals surface area (Å²) < 4.78 is 7.14. The van der Waals surface area contributed by atoms with Crippen molar-refractivity contribution in [2.75, 3.05) is 7.11 Å². The zero-order valence-electron chi connectivity index (χ0n) is 14.0. The van der Waals surface area contributed by atoms with E-state index in [9.17, 15) is 5.11 Å². The lowest BCUT2D eigenvalue weighted by Crippen LogP contribution is -2.25. The number of methoxy groups -OCH3 is 1. The van der Waals surface area contributed by atoms with Crippen molar-refractivity contribution >= 4 is 0 Å². The van der Waals surface area contributed by atoms with E-state index in [4.69, 9.17) is 9.84 Å². The molecule has 0 bridgehead atoms. The number of nitrogens with zero attached hydrogens (tertiary/aromatic N) is 2. The fraction of sp³-hybridized carbons (Fsp3) is 0.500.